The number of aliphatic hydroxyl groups excluding tert-OH is 1. The molecule has 0 saturated carbocycles. The summed E-state index contributed by atoms with van der Waals surface area (Å²) in [6.07, 6.45) is -0.919. The van der Waals surface area contributed by atoms with Gasteiger partial charge in [0.25, 0.3) is 0 Å². The average molecular weight is 303 g/mol. The summed E-state index contributed by atoms with van der Waals surface area (Å²) in [5.74, 6) is -0.532. The highest BCUT2D eigenvalue weighted by Gasteiger charge is 2.21. The summed E-state index contributed by atoms with van der Waals surface area (Å²) < 4.78 is 15.3. The molecule has 0 amide bonds. The van der Waals surface area contributed by atoms with Crippen LogP contribution in [0.15, 0.2) is 18.2 Å². The van der Waals surface area contributed by atoms with Crippen molar-refractivity contribution in [2.45, 2.75) is 19.4 Å². The van der Waals surface area contributed by atoms with E-state index in [9.17, 15) is 9.50 Å². The maximum Gasteiger partial charge on any atom is 0.130 e. The van der Waals surface area contributed by atoms with Crippen LogP contribution in [0.3, 0.4) is 0 Å². The Morgan fingerprint density at radius 3 is 2.63 bits per heavy atom. The smallest absolute Gasteiger partial charge is 0.130 e. The summed E-state index contributed by atoms with van der Waals surface area (Å²) in [7, 11) is 1.73. The van der Waals surface area contributed by atoms with E-state index in [-0.39, 0.29) is 17.0 Å². The molecule has 0 aliphatic rings. The topological polar surface area (TPSA) is 38.0 Å². The lowest BCUT2D eigenvalue weighted by molar-refractivity contribution is 0.171. The Morgan fingerprint density at radius 2 is 2.11 bits per heavy atom. The van der Waals surface area contributed by atoms with Crippen LogP contribution in [0, 0.1) is 12.7 Å². The van der Waals surface area contributed by atoms with Crippen molar-refractivity contribution in [1.82, 2.24) is 9.78 Å². The third kappa shape index (κ3) is 2.76. The highest BCUT2D eigenvalue weighted by molar-refractivity contribution is 6.32. The van der Waals surface area contributed by atoms with Gasteiger partial charge in [-0.05, 0) is 19.1 Å². The number of nitrogens with zero attached hydrogens (tertiary/aromatic N) is 2. The summed E-state index contributed by atoms with van der Waals surface area (Å²) >= 11 is 12.0. The first-order chi connectivity index (χ1) is 8.91. The second-order valence-electron chi connectivity index (χ2n) is 4.32. The Bertz CT molecular complexity index is 593. The Balaban J connectivity index is 2.33. The van der Waals surface area contributed by atoms with Crippen LogP contribution in [0.2, 0.25) is 10.0 Å². The highest BCUT2D eigenvalue weighted by atomic mass is 35.5. The molecule has 1 N–H and O–H groups in total. The van der Waals surface area contributed by atoms with Crippen molar-refractivity contribution < 1.29 is 9.50 Å². The van der Waals surface area contributed by atoms with Crippen LogP contribution in [0.25, 0.3) is 0 Å². The van der Waals surface area contributed by atoms with Gasteiger partial charge in [-0.3, -0.25) is 4.68 Å². The molecule has 19 heavy (non-hydrogen) atoms. The molecule has 6 heteroatoms. The van der Waals surface area contributed by atoms with Crippen LogP contribution < -0.4 is 0 Å². The number of rotatable bonds is 3. The van der Waals surface area contributed by atoms with Crippen molar-refractivity contribution in [2.75, 3.05) is 0 Å². The molecule has 0 fully saturated rings. The second-order valence-corrected chi connectivity index (χ2v) is 5.11. The molecule has 2 aromatic rings. The normalized spacial score (nSPS) is 12.7. The first-order valence-corrected chi connectivity index (χ1v) is 6.47. The number of halogens is 3. The molecule has 3 nitrogen and oxygen atoms in total. The summed E-state index contributed by atoms with van der Waals surface area (Å²) in [5, 5.41) is 15.0. The van der Waals surface area contributed by atoms with E-state index < -0.39 is 11.9 Å². The van der Waals surface area contributed by atoms with Crippen LogP contribution in [-0.4, -0.2) is 14.9 Å². The summed E-state index contributed by atoms with van der Waals surface area (Å²) in [6.45, 7) is 1.77. The van der Waals surface area contributed by atoms with Crippen LogP contribution in [0.5, 0.6) is 0 Å². The van der Waals surface area contributed by atoms with Crippen molar-refractivity contribution in [3.05, 3.63) is 51.0 Å². The number of aryl methyl sites for hydroxylation is 2. The predicted molar refractivity (Wildman–Crippen MR) is 73.0 cm³/mol. The van der Waals surface area contributed by atoms with Crippen molar-refractivity contribution in [1.29, 1.82) is 0 Å². The quantitative estimate of drug-likeness (QED) is 0.943. The predicted octanol–water partition coefficient (Wildman–Crippen LogP) is 3.45. The molecule has 2 rings (SSSR count). The number of aliphatic hydroxyl groups is 1. The summed E-state index contributed by atoms with van der Waals surface area (Å²) in [5.41, 5.74) is 1.40. The molecule has 0 spiro atoms. The van der Waals surface area contributed by atoms with Gasteiger partial charge >= 0.3 is 0 Å². The fourth-order valence-electron chi connectivity index (χ4n) is 2.02. The van der Waals surface area contributed by atoms with Gasteiger partial charge in [0.1, 0.15) is 5.82 Å². The fourth-order valence-corrected chi connectivity index (χ4v) is 2.54. The Morgan fingerprint density at radius 1 is 1.42 bits per heavy atom. The van der Waals surface area contributed by atoms with Crippen molar-refractivity contribution in [3.8, 4) is 0 Å². The lowest BCUT2D eigenvalue weighted by atomic mass is 10.0. The van der Waals surface area contributed by atoms with E-state index in [1.165, 1.54) is 12.1 Å². The largest absolute Gasteiger partial charge is 0.388 e. The monoisotopic (exact) mass is 302 g/mol. The molecule has 1 unspecified atom stereocenters. The minimum Gasteiger partial charge on any atom is -0.388 e. The molecular weight excluding hydrogens is 290 g/mol. The van der Waals surface area contributed by atoms with Gasteiger partial charge < -0.3 is 5.11 Å². The van der Waals surface area contributed by atoms with Crippen molar-refractivity contribution in [3.63, 3.8) is 0 Å². The van der Waals surface area contributed by atoms with E-state index >= 15 is 0 Å². The van der Waals surface area contributed by atoms with E-state index in [0.29, 0.717) is 16.4 Å². The van der Waals surface area contributed by atoms with Crippen LogP contribution in [0.1, 0.15) is 23.1 Å². The molecule has 0 saturated heterocycles. The van der Waals surface area contributed by atoms with E-state index in [0.717, 1.165) is 0 Å². The standard InChI is InChI=1S/C13H13Cl2FN2O/c1-7-13(15)10(18(2)17-7)6-11(19)12-8(14)4-3-5-9(12)16/h3-5,11,19H,6H2,1-2H3. The number of hydrogen-bond acceptors (Lipinski definition) is 2. The lowest BCUT2D eigenvalue weighted by Gasteiger charge is -2.14. The molecule has 1 aromatic carbocycles. The molecular formula is C13H13Cl2FN2O. The molecule has 1 aromatic heterocycles. The molecule has 1 atom stereocenters. The maximum atomic E-state index is 13.7. The molecule has 0 bridgehead atoms. The van der Waals surface area contributed by atoms with E-state index in [1.807, 2.05) is 0 Å². The van der Waals surface area contributed by atoms with Gasteiger partial charge in [0.05, 0.1) is 22.5 Å². The molecule has 0 aliphatic heterocycles. The minimum atomic E-state index is -1.07. The molecule has 102 valence electrons. The average Bonchev–Trinajstić information content (AvgIpc) is 2.56. The Kier molecular flexibility index (Phi) is 4.13. The summed E-state index contributed by atoms with van der Waals surface area (Å²) in [4.78, 5) is 0. The number of benzene rings is 1. The second kappa shape index (κ2) is 5.49. The number of hydrogen-bond donors (Lipinski definition) is 1. The van der Waals surface area contributed by atoms with Crippen molar-refractivity contribution >= 4 is 23.2 Å². The maximum absolute atomic E-state index is 13.7. The SMILES string of the molecule is Cc1nn(C)c(CC(O)c2c(F)cccc2Cl)c1Cl. The zero-order chi connectivity index (χ0) is 14.2. The zero-order valence-electron chi connectivity index (χ0n) is 10.5. The zero-order valence-corrected chi connectivity index (χ0v) is 12.0. The first kappa shape index (κ1) is 14.3. The van der Waals surface area contributed by atoms with E-state index in [1.54, 1.807) is 24.7 Å². The third-order valence-electron chi connectivity index (χ3n) is 2.98. The summed E-state index contributed by atoms with van der Waals surface area (Å²) in [6, 6.07) is 4.30. The minimum absolute atomic E-state index is 0.0825. The van der Waals surface area contributed by atoms with E-state index in [2.05, 4.69) is 5.10 Å². The molecule has 0 radical (unpaired) electrons. The third-order valence-corrected chi connectivity index (χ3v) is 3.80. The van der Waals surface area contributed by atoms with Crippen LogP contribution >= 0.6 is 23.2 Å². The highest BCUT2D eigenvalue weighted by Crippen LogP contribution is 2.30. The van der Waals surface area contributed by atoms with Gasteiger partial charge in [0.2, 0.25) is 0 Å². The van der Waals surface area contributed by atoms with Gasteiger partial charge in [-0.15, -0.1) is 0 Å². The van der Waals surface area contributed by atoms with Gasteiger partial charge in [0.15, 0.2) is 0 Å². The van der Waals surface area contributed by atoms with Gasteiger partial charge in [-0.2, -0.15) is 5.10 Å². The molecule has 1 heterocycles. The lowest BCUT2D eigenvalue weighted by Crippen LogP contribution is -2.09. The number of aromatic nitrogens is 2. The Labute approximate surface area is 120 Å². The van der Waals surface area contributed by atoms with Gasteiger partial charge in [-0.1, -0.05) is 29.3 Å². The fraction of sp³-hybridized carbons (Fsp3) is 0.308. The van der Waals surface area contributed by atoms with Crippen LogP contribution in [0.4, 0.5) is 4.39 Å². The van der Waals surface area contributed by atoms with Crippen molar-refractivity contribution in [2.24, 2.45) is 7.05 Å². The van der Waals surface area contributed by atoms with Crippen LogP contribution in [-0.2, 0) is 13.5 Å². The molecule has 0 aliphatic carbocycles. The first-order valence-electron chi connectivity index (χ1n) is 5.71. The Hall–Kier alpha value is -1.10. The van der Waals surface area contributed by atoms with Gasteiger partial charge in [0, 0.05) is 24.1 Å². The van der Waals surface area contributed by atoms with E-state index in [4.69, 9.17) is 23.2 Å². The van der Waals surface area contributed by atoms with Gasteiger partial charge in [-0.25, -0.2) is 4.39 Å².